The van der Waals surface area contributed by atoms with E-state index in [2.05, 4.69) is 65.1 Å². The zero-order chi connectivity index (χ0) is 29.6. The largest absolute Gasteiger partial charge is 0.493 e. The Labute approximate surface area is 253 Å². The van der Waals surface area contributed by atoms with E-state index in [1.165, 1.54) is 11.1 Å². The Hall–Kier alpha value is -3.09. The van der Waals surface area contributed by atoms with E-state index in [1.54, 1.807) is 22.1 Å². The fourth-order valence-corrected chi connectivity index (χ4v) is 5.49. The molecule has 0 atom stereocenters. The molecular weight excluding hydrogens is 550 g/mol. The van der Waals surface area contributed by atoms with Gasteiger partial charge in [-0.2, -0.15) is 5.10 Å². The van der Waals surface area contributed by atoms with Crippen LogP contribution < -0.4 is 10.1 Å². The predicted octanol–water partition coefficient (Wildman–Crippen LogP) is 9.22. The highest BCUT2D eigenvalue weighted by molar-refractivity contribution is 7.13. The first-order valence-corrected chi connectivity index (χ1v) is 15.8. The second kappa shape index (κ2) is 13.3. The lowest BCUT2D eigenvalue weighted by Gasteiger charge is -2.30. The van der Waals surface area contributed by atoms with Crippen molar-refractivity contribution in [3.05, 3.63) is 87.9 Å². The molecule has 0 saturated carbocycles. The minimum Gasteiger partial charge on any atom is -0.493 e. The fourth-order valence-electron chi connectivity index (χ4n) is 4.60. The number of ether oxygens (including phenoxy) is 1. The van der Waals surface area contributed by atoms with Gasteiger partial charge < -0.3 is 10.1 Å². The van der Waals surface area contributed by atoms with E-state index < -0.39 is 0 Å². The van der Waals surface area contributed by atoms with Crippen LogP contribution in [0.25, 0.3) is 16.3 Å². The van der Waals surface area contributed by atoms with Crippen LogP contribution in [0.15, 0.2) is 66.0 Å². The lowest BCUT2D eigenvalue weighted by atomic mass is 9.76. The number of thiophene rings is 1. The van der Waals surface area contributed by atoms with Gasteiger partial charge in [0.15, 0.2) is 0 Å². The Morgan fingerprint density at radius 3 is 2.41 bits per heavy atom. The number of nitrogens with one attached hydrogen (secondary N) is 1. The molecule has 4 rings (SSSR count). The quantitative estimate of drug-likeness (QED) is 0.158. The van der Waals surface area contributed by atoms with E-state index >= 15 is 0 Å². The van der Waals surface area contributed by atoms with Gasteiger partial charge in [-0.25, -0.2) is 4.68 Å². The first-order valence-electron chi connectivity index (χ1n) is 14.5. The zero-order valence-corrected chi connectivity index (χ0v) is 26.7. The molecule has 0 unspecified atom stereocenters. The number of amides is 1. The van der Waals surface area contributed by atoms with Crippen molar-refractivity contribution in [1.29, 1.82) is 0 Å². The van der Waals surface area contributed by atoms with Crippen LogP contribution in [0, 0.1) is 0 Å². The first kappa shape index (κ1) is 30.9. The molecule has 2 aromatic carbocycles. The number of hydrogen-bond donors (Lipinski definition) is 1. The standard InChI is InChI=1S/C34H42ClN3O2S/c1-7-33(3,4)24-17-18-30(25(22-24)34(5,6)8-2)40-20-12-11-19-36-32(39)29-23-27(31-16-13-21-41-31)37-38(29)28-15-10-9-14-26(28)35/h9-10,13-18,21-23H,7-8,11-12,19-20H2,1-6H3,(H,36,39). The third kappa shape index (κ3) is 7.22. The lowest BCUT2D eigenvalue weighted by Crippen LogP contribution is -2.27. The summed E-state index contributed by atoms with van der Waals surface area (Å²) in [4.78, 5) is 14.3. The molecule has 2 aromatic heterocycles. The van der Waals surface area contributed by atoms with E-state index in [-0.39, 0.29) is 16.7 Å². The SMILES string of the molecule is CCC(C)(C)c1ccc(OCCCCNC(=O)c2cc(-c3cccs3)nn2-c2ccccc2Cl)c(C(C)(C)CC)c1. The van der Waals surface area contributed by atoms with Gasteiger partial charge in [0.05, 0.1) is 22.2 Å². The van der Waals surface area contributed by atoms with Crippen LogP contribution in [-0.4, -0.2) is 28.8 Å². The van der Waals surface area contributed by atoms with E-state index in [1.807, 2.05) is 41.8 Å². The molecule has 0 fully saturated rings. The van der Waals surface area contributed by atoms with Gasteiger partial charge in [0.2, 0.25) is 0 Å². The van der Waals surface area contributed by atoms with Crippen molar-refractivity contribution in [2.45, 2.75) is 78.1 Å². The molecular formula is C34H42ClN3O2S. The minimum absolute atomic E-state index is 0.0235. The number of carbonyl (C=O) groups is 1. The second-order valence-electron chi connectivity index (χ2n) is 11.8. The van der Waals surface area contributed by atoms with Crippen LogP contribution in [0.4, 0.5) is 0 Å². The smallest absolute Gasteiger partial charge is 0.270 e. The monoisotopic (exact) mass is 591 g/mol. The Bertz CT molecular complexity index is 1460. The van der Waals surface area contributed by atoms with Crippen molar-refractivity contribution in [1.82, 2.24) is 15.1 Å². The van der Waals surface area contributed by atoms with Gasteiger partial charge in [-0.3, -0.25) is 4.79 Å². The van der Waals surface area contributed by atoms with E-state index in [9.17, 15) is 4.79 Å². The van der Waals surface area contributed by atoms with Crippen LogP contribution in [-0.2, 0) is 10.8 Å². The molecule has 0 aliphatic rings. The van der Waals surface area contributed by atoms with Crippen LogP contribution >= 0.6 is 22.9 Å². The normalized spacial score (nSPS) is 12.0. The van der Waals surface area contributed by atoms with Crippen molar-refractivity contribution in [2.75, 3.05) is 13.2 Å². The Morgan fingerprint density at radius 1 is 0.976 bits per heavy atom. The van der Waals surface area contributed by atoms with Crippen LogP contribution in [0.5, 0.6) is 5.75 Å². The molecule has 0 saturated heterocycles. The predicted molar refractivity (Wildman–Crippen MR) is 172 cm³/mol. The summed E-state index contributed by atoms with van der Waals surface area (Å²) in [6.07, 6.45) is 3.75. The van der Waals surface area contributed by atoms with Crippen molar-refractivity contribution in [3.8, 4) is 22.0 Å². The average Bonchev–Trinajstić information content (AvgIpc) is 3.66. The van der Waals surface area contributed by atoms with Gasteiger partial charge in [-0.1, -0.05) is 83.5 Å². The number of aromatic nitrogens is 2. The number of halogens is 1. The highest BCUT2D eigenvalue weighted by atomic mass is 35.5. The molecule has 2 heterocycles. The van der Waals surface area contributed by atoms with E-state index in [4.69, 9.17) is 21.4 Å². The topological polar surface area (TPSA) is 56.1 Å². The van der Waals surface area contributed by atoms with Crippen LogP contribution in [0.2, 0.25) is 5.02 Å². The van der Waals surface area contributed by atoms with E-state index in [0.717, 1.165) is 42.0 Å². The molecule has 0 aliphatic carbocycles. The summed E-state index contributed by atoms with van der Waals surface area (Å²) in [5.74, 6) is 0.781. The molecule has 7 heteroatoms. The van der Waals surface area contributed by atoms with Gasteiger partial charge in [0.25, 0.3) is 5.91 Å². The molecule has 0 radical (unpaired) electrons. The van der Waals surface area contributed by atoms with Gasteiger partial charge in [-0.15, -0.1) is 11.3 Å². The number of benzene rings is 2. The van der Waals surface area contributed by atoms with E-state index in [0.29, 0.717) is 29.6 Å². The highest BCUT2D eigenvalue weighted by Crippen LogP contribution is 2.38. The maximum absolute atomic E-state index is 13.3. The van der Waals surface area contributed by atoms with Crippen molar-refractivity contribution in [2.24, 2.45) is 0 Å². The van der Waals surface area contributed by atoms with Crippen LogP contribution in [0.1, 0.15) is 88.8 Å². The summed E-state index contributed by atoms with van der Waals surface area (Å²) < 4.78 is 7.95. The number of nitrogens with zero attached hydrogens (tertiary/aromatic N) is 2. The maximum Gasteiger partial charge on any atom is 0.270 e. The molecule has 41 heavy (non-hydrogen) atoms. The third-order valence-corrected chi connectivity index (χ3v) is 9.38. The Kier molecular flexibility index (Phi) is 9.98. The minimum atomic E-state index is -0.178. The average molecular weight is 592 g/mol. The number of unbranched alkanes of at least 4 members (excludes halogenated alkanes) is 1. The summed E-state index contributed by atoms with van der Waals surface area (Å²) in [6.45, 7) is 14.8. The summed E-state index contributed by atoms with van der Waals surface area (Å²) in [7, 11) is 0. The van der Waals surface area contributed by atoms with Gasteiger partial charge in [0.1, 0.15) is 17.1 Å². The lowest BCUT2D eigenvalue weighted by molar-refractivity contribution is 0.0944. The molecule has 0 bridgehead atoms. The number of hydrogen-bond acceptors (Lipinski definition) is 4. The number of para-hydroxylation sites is 1. The van der Waals surface area contributed by atoms with Gasteiger partial charge in [-0.05, 0) is 77.8 Å². The fraction of sp³-hybridized carbons (Fsp3) is 0.412. The summed E-state index contributed by atoms with van der Waals surface area (Å²) in [5, 5.41) is 10.3. The van der Waals surface area contributed by atoms with Crippen LogP contribution in [0.3, 0.4) is 0 Å². The molecule has 1 N–H and O–H groups in total. The molecule has 218 valence electrons. The molecule has 0 aliphatic heterocycles. The van der Waals surface area contributed by atoms with Gasteiger partial charge in [0, 0.05) is 12.1 Å². The summed E-state index contributed by atoms with van der Waals surface area (Å²) >= 11 is 8.05. The maximum atomic E-state index is 13.3. The zero-order valence-electron chi connectivity index (χ0n) is 25.1. The molecule has 4 aromatic rings. The third-order valence-electron chi connectivity index (χ3n) is 8.17. The van der Waals surface area contributed by atoms with Crippen molar-refractivity contribution < 1.29 is 9.53 Å². The number of carbonyl (C=O) groups excluding carboxylic acids is 1. The molecule has 0 spiro atoms. The van der Waals surface area contributed by atoms with Crippen molar-refractivity contribution in [3.63, 3.8) is 0 Å². The summed E-state index contributed by atoms with van der Waals surface area (Å²) in [6, 6.07) is 19.9. The number of rotatable bonds is 13. The Balaban J connectivity index is 1.38. The molecule has 1 amide bonds. The first-order chi connectivity index (χ1) is 19.6. The summed E-state index contributed by atoms with van der Waals surface area (Å²) in [5.41, 5.74) is 4.65. The second-order valence-corrected chi connectivity index (χ2v) is 13.1. The molecule has 5 nitrogen and oxygen atoms in total. The van der Waals surface area contributed by atoms with Gasteiger partial charge >= 0.3 is 0 Å². The Morgan fingerprint density at radius 2 is 1.73 bits per heavy atom. The highest BCUT2D eigenvalue weighted by Gasteiger charge is 2.26. The van der Waals surface area contributed by atoms with Crippen molar-refractivity contribution >= 4 is 28.8 Å².